The number of nitrogens with zero attached hydrogens (tertiary/aromatic N) is 1. The first-order chi connectivity index (χ1) is 13.1. The van der Waals surface area contributed by atoms with E-state index in [1.807, 2.05) is 6.07 Å². The SMILES string of the molecule is COc1ccc2[nH]c3c(c2c1)CCN(C(=O)C1CCCCC1)C3CC(C)C. The molecule has 0 spiro atoms. The predicted octanol–water partition coefficient (Wildman–Crippen LogP) is 5.23. The Kier molecular flexibility index (Phi) is 5.16. The van der Waals surface area contributed by atoms with Crippen molar-refractivity contribution in [1.29, 1.82) is 0 Å². The van der Waals surface area contributed by atoms with Gasteiger partial charge in [0.25, 0.3) is 0 Å². The third kappa shape index (κ3) is 3.46. The molecule has 1 amide bonds. The van der Waals surface area contributed by atoms with E-state index in [-0.39, 0.29) is 12.0 Å². The van der Waals surface area contributed by atoms with Crippen LogP contribution < -0.4 is 4.74 Å². The molecule has 0 bridgehead atoms. The number of aromatic amines is 1. The molecule has 0 saturated heterocycles. The minimum absolute atomic E-state index is 0.168. The molecule has 0 radical (unpaired) electrons. The van der Waals surface area contributed by atoms with Crippen molar-refractivity contribution in [3.8, 4) is 5.75 Å². The summed E-state index contributed by atoms with van der Waals surface area (Å²) in [6.07, 6.45) is 7.77. The first-order valence-corrected chi connectivity index (χ1v) is 10.6. The highest BCUT2D eigenvalue weighted by Gasteiger charge is 2.36. The topological polar surface area (TPSA) is 45.3 Å². The molecule has 1 atom stereocenters. The molecular weight excluding hydrogens is 336 g/mol. The Balaban J connectivity index is 1.71. The van der Waals surface area contributed by atoms with Gasteiger partial charge in [0.15, 0.2) is 0 Å². The average Bonchev–Trinajstić information content (AvgIpc) is 3.06. The van der Waals surface area contributed by atoms with Crippen molar-refractivity contribution >= 4 is 16.8 Å². The normalized spacial score (nSPS) is 20.9. The average molecular weight is 369 g/mol. The number of benzene rings is 1. The largest absolute Gasteiger partial charge is 0.497 e. The van der Waals surface area contributed by atoms with Gasteiger partial charge in [0.2, 0.25) is 5.91 Å². The lowest BCUT2D eigenvalue weighted by atomic mass is 9.85. The lowest BCUT2D eigenvalue weighted by molar-refractivity contribution is -0.140. The van der Waals surface area contributed by atoms with Crippen LogP contribution in [0.25, 0.3) is 10.9 Å². The van der Waals surface area contributed by atoms with Gasteiger partial charge in [-0.3, -0.25) is 4.79 Å². The van der Waals surface area contributed by atoms with Crippen LogP contribution in [0.5, 0.6) is 5.75 Å². The fourth-order valence-corrected chi connectivity index (χ4v) is 5.01. The summed E-state index contributed by atoms with van der Waals surface area (Å²) in [5.74, 6) is 2.07. The monoisotopic (exact) mass is 368 g/mol. The van der Waals surface area contributed by atoms with Crippen molar-refractivity contribution in [2.75, 3.05) is 13.7 Å². The van der Waals surface area contributed by atoms with Crippen LogP contribution in [0, 0.1) is 11.8 Å². The van der Waals surface area contributed by atoms with E-state index in [1.54, 1.807) is 7.11 Å². The Morgan fingerprint density at radius 3 is 2.74 bits per heavy atom. The molecule has 1 unspecified atom stereocenters. The molecule has 1 saturated carbocycles. The maximum atomic E-state index is 13.4. The number of rotatable bonds is 4. The second kappa shape index (κ2) is 7.57. The maximum absolute atomic E-state index is 13.4. The summed E-state index contributed by atoms with van der Waals surface area (Å²) < 4.78 is 5.43. The molecule has 1 aromatic heterocycles. The second-order valence-electron chi connectivity index (χ2n) is 8.69. The smallest absolute Gasteiger partial charge is 0.226 e. The molecule has 2 aliphatic rings. The van der Waals surface area contributed by atoms with Gasteiger partial charge in [-0.2, -0.15) is 0 Å². The summed E-state index contributed by atoms with van der Waals surface area (Å²) in [5, 5.41) is 1.25. The molecule has 2 heterocycles. The van der Waals surface area contributed by atoms with Gasteiger partial charge in [-0.05, 0) is 55.4 Å². The van der Waals surface area contributed by atoms with Crippen molar-refractivity contribution in [2.24, 2.45) is 11.8 Å². The number of hydrogen-bond donors (Lipinski definition) is 1. The van der Waals surface area contributed by atoms with E-state index >= 15 is 0 Å². The predicted molar refractivity (Wildman–Crippen MR) is 109 cm³/mol. The number of fused-ring (bicyclic) bond motifs is 3. The van der Waals surface area contributed by atoms with Gasteiger partial charge in [0.1, 0.15) is 5.75 Å². The molecule has 1 fully saturated rings. The number of aromatic nitrogens is 1. The minimum Gasteiger partial charge on any atom is -0.497 e. The quantitative estimate of drug-likeness (QED) is 0.803. The number of amides is 1. The van der Waals surface area contributed by atoms with Gasteiger partial charge in [-0.25, -0.2) is 0 Å². The Hall–Kier alpha value is -1.97. The van der Waals surface area contributed by atoms with Crippen LogP contribution in [0.15, 0.2) is 18.2 Å². The van der Waals surface area contributed by atoms with Gasteiger partial charge in [-0.1, -0.05) is 33.1 Å². The third-order valence-electron chi connectivity index (χ3n) is 6.39. The zero-order valence-corrected chi connectivity index (χ0v) is 16.9. The number of H-pyrrole nitrogens is 1. The fraction of sp³-hybridized carbons (Fsp3) is 0.609. The zero-order valence-electron chi connectivity index (χ0n) is 16.9. The first-order valence-electron chi connectivity index (χ1n) is 10.6. The van der Waals surface area contributed by atoms with Gasteiger partial charge in [0, 0.05) is 29.1 Å². The lowest BCUT2D eigenvalue weighted by Crippen LogP contribution is -2.44. The molecule has 27 heavy (non-hydrogen) atoms. The molecule has 1 aromatic carbocycles. The molecule has 4 nitrogen and oxygen atoms in total. The number of ether oxygens (including phenoxy) is 1. The molecule has 1 N–H and O–H groups in total. The minimum atomic E-state index is 0.168. The highest BCUT2D eigenvalue weighted by molar-refractivity contribution is 5.87. The van der Waals surface area contributed by atoms with E-state index in [2.05, 4.69) is 35.9 Å². The number of nitrogens with one attached hydrogen (secondary N) is 1. The van der Waals surface area contributed by atoms with Gasteiger partial charge in [-0.15, -0.1) is 0 Å². The van der Waals surface area contributed by atoms with E-state index in [9.17, 15) is 4.79 Å². The van der Waals surface area contributed by atoms with E-state index in [1.165, 1.54) is 35.9 Å². The second-order valence-corrected chi connectivity index (χ2v) is 8.69. The molecule has 4 rings (SSSR count). The summed E-state index contributed by atoms with van der Waals surface area (Å²) >= 11 is 0. The Morgan fingerprint density at radius 2 is 2.04 bits per heavy atom. The van der Waals surface area contributed by atoms with Gasteiger partial charge >= 0.3 is 0 Å². The molecule has 4 heteroatoms. The number of carbonyl (C=O) groups excluding carboxylic acids is 1. The van der Waals surface area contributed by atoms with E-state index in [4.69, 9.17) is 4.74 Å². The number of methoxy groups -OCH3 is 1. The number of carbonyl (C=O) groups is 1. The van der Waals surface area contributed by atoms with Crippen LogP contribution in [-0.4, -0.2) is 29.4 Å². The fourth-order valence-electron chi connectivity index (χ4n) is 5.01. The van der Waals surface area contributed by atoms with Crippen LogP contribution >= 0.6 is 0 Å². The lowest BCUT2D eigenvalue weighted by Gasteiger charge is -2.39. The van der Waals surface area contributed by atoms with E-state index in [0.29, 0.717) is 11.8 Å². The Bertz CT molecular complexity index is 817. The van der Waals surface area contributed by atoms with Crippen LogP contribution in [-0.2, 0) is 11.2 Å². The standard InChI is InChI=1S/C23H32N2O2/c1-15(2)13-21-22-18(19-14-17(27-3)9-10-20(19)24-22)11-12-25(21)23(26)16-7-5-4-6-8-16/h9-10,14-16,21,24H,4-8,11-13H2,1-3H3. The summed E-state index contributed by atoms with van der Waals surface area (Å²) in [6.45, 7) is 5.34. The zero-order chi connectivity index (χ0) is 19.0. The number of hydrogen-bond acceptors (Lipinski definition) is 2. The summed E-state index contributed by atoms with van der Waals surface area (Å²) in [4.78, 5) is 19.2. The van der Waals surface area contributed by atoms with E-state index < -0.39 is 0 Å². The Morgan fingerprint density at radius 1 is 1.26 bits per heavy atom. The van der Waals surface area contributed by atoms with E-state index in [0.717, 1.165) is 43.5 Å². The van der Waals surface area contributed by atoms with Crippen LogP contribution in [0.4, 0.5) is 0 Å². The van der Waals surface area contributed by atoms with Gasteiger partial charge in [0.05, 0.1) is 13.2 Å². The molecular formula is C23H32N2O2. The van der Waals surface area contributed by atoms with Crippen molar-refractivity contribution in [2.45, 2.75) is 64.8 Å². The maximum Gasteiger partial charge on any atom is 0.226 e. The third-order valence-corrected chi connectivity index (χ3v) is 6.39. The molecule has 1 aliphatic heterocycles. The van der Waals surface area contributed by atoms with Crippen LogP contribution in [0.1, 0.15) is 69.7 Å². The molecule has 2 aromatic rings. The van der Waals surface area contributed by atoms with Crippen molar-refractivity contribution < 1.29 is 9.53 Å². The summed E-state index contributed by atoms with van der Waals surface area (Å²) in [7, 11) is 1.71. The molecule has 146 valence electrons. The summed E-state index contributed by atoms with van der Waals surface area (Å²) in [6, 6.07) is 6.41. The first kappa shape index (κ1) is 18.4. The highest BCUT2D eigenvalue weighted by Crippen LogP contribution is 2.40. The van der Waals surface area contributed by atoms with Crippen molar-refractivity contribution in [3.05, 3.63) is 29.5 Å². The summed E-state index contributed by atoms with van der Waals surface area (Å²) in [5.41, 5.74) is 3.78. The van der Waals surface area contributed by atoms with Crippen molar-refractivity contribution in [3.63, 3.8) is 0 Å². The van der Waals surface area contributed by atoms with Crippen molar-refractivity contribution in [1.82, 2.24) is 9.88 Å². The molecule has 1 aliphatic carbocycles. The van der Waals surface area contributed by atoms with Crippen LogP contribution in [0.2, 0.25) is 0 Å². The Labute approximate surface area is 162 Å². The van der Waals surface area contributed by atoms with Gasteiger partial charge < -0.3 is 14.6 Å². The highest BCUT2D eigenvalue weighted by atomic mass is 16.5. The van der Waals surface area contributed by atoms with Crippen LogP contribution in [0.3, 0.4) is 0 Å².